The van der Waals surface area contributed by atoms with E-state index in [-0.39, 0.29) is 6.61 Å². The summed E-state index contributed by atoms with van der Waals surface area (Å²) < 4.78 is 45.9. The highest BCUT2D eigenvalue weighted by Crippen LogP contribution is 2.32. The van der Waals surface area contributed by atoms with Crippen LogP contribution < -0.4 is 0 Å². The number of hydrogen-bond acceptors (Lipinski definition) is 3. The highest BCUT2D eigenvalue weighted by Gasteiger charge is 2.31. The van der Waals surface area contributed by atoms with Crippen LogP contribution >= 0.6 is 0 Å². The quantitative estimate of drug-likeness (QED) is 0.821. The standard InChI is InChI=1S/C17H19F3N2O2/c18-17(19,20)12-4-1-5-13(10-12)22-16-7-2-6-14(16)15(21-22)11-24-9-3-8-23/h1,4-5,10,23H,2-3,6-9,11H2. The molecule has 7 heteroatoms. The number of alkyl halides is 3. The van der Waals surface area contributed by atoms with E-state index in [1.165, 1.54) is 6.07 Å². The second-order valence-electron chi connectivity index (χ2n) is 5.82. The lowest BCUT2D eigenvalue weighted by Crippen LogP contribution is -2.08. The number of rotatable bonds is 6. The molecule has 0 fully saturated rings. The number of halogens is 3. The summed E-state index contributed by atoms with van der Waals surface area (Å²) in [5.74, 6) is 0. The average molecular weight is 340 g/mol. The van der Waals surface area contributed by atoms with Gasteiger partial charge in [0.1, 0.15) is 0 Å². The molecule has 0 unspecified atom stereocenters. The molecule has 1 aromatic heterocycles. The van der Waals surface area contributed by atoms with Crippen LogP contribution in [-0.4, -0.2) is 28.1 Å². The van der Waals surface area contributed by atoms with E-state index in [2.05, 4.69) is 5.10 Å². The van der Waals surface area contributed by atoms with Crippen LogP contribution in [0, 0.1) is 0 Å². The maximum atomic E-state index is 12.9. The maximum Gasteiger partial charge on any atom is 0.416 e. The molecule has 3 rings (SSSR count). The topological polar surface area (TPSA) is 47.3 Å². The zero-order chi connectivity index (χ0) is 17.2. The van der Waals surface area contributed by atoms with Gasteiger partial charge in [0.05, 0.1) is 23.6 Å². The zero-order valence-corrected chi connectivity index (χ0v) is 13.1. The first-order valence-electron chi connectivity index (χ1n) is 7.96. The van der Waals surface area contributed by atoms with Crippen LogP contribution in [-0.2, 0) is 30.4 Å². The van der Waals surface area contributed by atoms with E-state index >= 15 is 0 Å². The fourth-order valence-electron chi connectivity index (χ4n) is 2.99. The fourth-order valence-corrected chi connectivity index (χ4v) is 2.99. The Morgan fingerprint density at radius 1 is 1.25 bits per heavy atom. The molecule has 130 valence electrons. The Labute approximate surface area is 137 Å². The molecule has 24 heavy (non-hydrogen) atoms. The van der Waals surface area contributed by atoms with Crippen LogP contribution in [0.4, 0.5) is 13.2 Å². The molecular formula is C17H19F3N2O2. The van der Waals surface area contributed by atoms with Gasteiger partial charge in [-0.1, -0.05) is 6.07 Å². The van der Waals surface area contributed by atoms with Gasteiger partial charge in [-0.05, 0) is 49.4 Å². The van der Waals surface area contributed by atoms with Crippen molar-refractivity contribution in [2.45, 2.75) is 38.5 Å². The van der Waals surface area contributed by atoms with Crippen molar-refractivity contribution in [2.75, 3.05) is 13.2 Å². The zero-order valence-electron chi connectivity index (χ0n) is 13.1. The number of hydrogen-bond donors (Lipinski definition) is 1. The van der Waals surface area contributed by atoms with E-state index in [1.807, 2.05) is 0 Å². The molecule has 0 radical (unpaired) electrons. The lowest BCUT2D eigenvalue weighted by Gasteiger charge is -2.10. The summed E-state index contributed by atoms with van der Waals surface area (Å²) in [4.78, 5) is 0. The molecule has 1 aromatic carbocycles. The Morgan fingerprint density at radius 3 is 2.83 bits per heavy atom. The van der Waals surface area contributed by atoms with Crippen molar-refractivity contribution < 1.29 is 23.0 Å². The maximum absolute atomic E-state index is 12.9. The molecule has 0 aliphatic heterocycles. The highest BCUT2D eigenvalue weighted by molar-refractivity contribution is 5.42. The largest absolute Gasteiger partial charge is 0.416 e. The van der Waals surface area contributed by atoms with E-state index in [9.17, 15) is 13.2 Å². The Hall–Kier alpha value is -1.86. The van der Waals surface area contributed by atoms with Gasteiger partial charge in [0.25, 0.3) is 0 Å². The van der Waals surface area contributed by atoms with Crippen molar-refractivity contribution in [1.29, 1.82) is 0 Å². The van der Waals surface area contributed by atoms with Crippen molar-refractivity contribution in [3.8, 4) is 5.69 Å². The van der Waals surface area contributed by atoms with Gasteiger partial charge in [0, 0.05) is 18.9 Å². The molecule has 1 N–H and O–H groups in total. The molecule has 0 saturated carbocycles. The van der Waals surface area contributed by atoms with Crippen molar-refractivity contribution in [2.24, 2.45) is 0 Å². The summed E-state index contributed by atoms with van der Waals surface area (Å²) in [6.45, 7) is 0.812. The van der Waals surface area contributed by atoms with Gasteiger partial charge in [0.2, 0.25) is 0 Å². The fraction of sp³-hybridized carbons (Fsp3) is 0.471. The van der Waals surface area contributed by atoms with E-state index in [0.717, 1.165) is 48.3 Å². The van der Waals surface area contributed by atoms with E-state index in [0.29, 0.717) is 25.3 Å². The minimum atomic E-state index is -4.37. The van der Waals surface area contributed by atoms with Crippen molar-refractivity contribution in [3.05, 3.63) is 46.8 Å². The molecule has 0 bridgehead atoms. The first-order chi connectivity index (χ1) is 11.5. The van der Waals surface area contributed by atoms with Crippen molar-refractivity contribution in [1.82, 2.24) is 9.78 Å². The lowest BCUT2D eigenvalue weighted by molar-refractivity contribution is -0.137. The summed E-state index contributed by atoms with van der Waals surface area (Å²) in [7, 11) is 0. The van der Waals surface area contributed by atoms with Gasteiger partial charge < -0.3 is 9.84 Å². The van der Waals surface area contributed by atoms with Crippen LogP contribution in [0.5, 0.6) is 0 Å². The number of aliphatic hydroxyl groups is 1. The second kappa shape index (κ2) is 6.94. The third kappa shape index (κ3) is 3.47. The summed E-state index contributed by atoms with van der Waals surface area (Å²) in [6, 6.07) is 5.23. The number of aromatic nitrogens is 2. The van der Waals surface area contributed by atoms with Crippen molar-refractivity contribution in [3.63, 3.8) is 0 Å². The van der Waals surface area contributed by atoms with Gasteiger partial charge in [-0.15, -0.1) is 0 Å². The number of ether oxygens (including phenoxy) is 1. The molecule has 0 amide bonds. The van der Waals surface area contributed by atoms with Crippen LogP contribution in [0.2, 0.25) is 0 Å². The molecule has 1 heterocycles. The molecule has 4 nitrogen and oxygen atoms in total. The van der Waals surface area contributed by atoms with Gasteiger partial charge in [-0.3, -0.25) is 0 Å². The predicted molar refractivity (Wildman–Crippen MR) is 81.9 cm³/mol. The third-order valence-electron chi connectivity index (χ3n) is 4.12. The van der Waals surface area contributed by atoms with Crippen LogP contribution in [0.1, 0.15) is 35.4 Å². The smallest absolute Gasteiger partial charge is 0.396 e. The van der Waals surface area contributed by atoms with E-state index < -0.39 is 11.7 Å². The molecule has 1 aliphatic carbocycles. The summed E-state index contributed by atoms with van der Waals surface area (Å²) in [5.41, 5.74) is 2.57. The minimum absolute atomic E-state index is 0.0663. The highest BCUT2D eigenvalue weighted by atomic mass is 19.4. The average Bonchev–Trinajstić information content (AvgIpc) is 3.14. The Morgan fingerprint density at radius 2 is 2.08 bits per heavy atom. The second-order valence-corrected chi connectivity index (χ2v) is 5.82. The Balaban J connectivity index is 1.89. The van der Waals surface area contributed by atoms with Crippen LogP contribution in [0.3, 0.4) is 0 Å². The first-order valence-corrected chi connectivity index (χ1v) is 7.96. The molecule has 0 atom stereocenters. The van der Waals surface area contributed by atoms with Gasteiger partial charge in [-0.25, -0.2) is 4.68 Å². The van der Waals surface area contributed by atoms with Crippen LogP contribution in [0.25, 0.3) is 5.69 Å². The normalized spacial score (nSPS) is 14.2. The summed E-state index contributed by atoms with van der Waals surface area (Å²) >= 11 is 0. The Bertz CT molecular complexity index is 710. The molecule has 1 aliphatic rings. The SMILES string of the molecule is OCCCOCc1nn(-c2cccc(C(F)(F)F)c2)c2c1CCC2. The first kappa shape index (κ1) is 17.0. The van der Waals surface area contributed by atoms with Crippen molar-refractivity contribution >= 4 is 0 Å². The minimum Gasteiger partial charge on any atom is -0.396 e. The number of nitrogens with zero attached hydrogens (tertiary/aromatic N) is 2. The van der Waals surface area contributed by atoms with Gasteiger partial charge in [-0.2, -0.15) is 18.3 Å². The van der Waals surface area contributed by atoms with E-state index in [1.54, 1.807) is 10.7 Å². The van der Waals surface area contributed by atoms with Gasteiger partial charge >= 0.3 is 6.18 Å². The number of aliphatic hydroxyl groups excluding tert-OH is 1. The van der Waals surface area contributed by atoms with E-state index in [4.69, 9.17) is 9.84 Å². The predicted octanol–water partition coefficient (Wildman–Crippen LogP) is 3.28. The lowest BCUT2D eigenvalue weighted by atomic mass is 10.2. The molecule has 2 aromatic rings. The number of benzene rings is 1. The summed E-state index contributed by atoms with van der Waals surface area (Å²) in [6.07, 6.45) is -1.18. The number of fused-ring (bicyclic) bond motifs is 1. The monoisotopic (exact) mass is 340 g/mol. The van der Waals surface area contributed by atoms with Crippen LogP contribution in [0.15, 0.2) is 24.3 Å². The Kier molecular flexibility index (Phi) is 4.91. The van der Waals surface area contributed by atoms with Gasteiger partial charge in [0.15, 0.2) is 0 Å². The molecule has 0 saturated heterocycles. The molecular weight excluding hydrogens is 321 g/mol. The summed E-state index contributed by atoms with van der Waals surface area (Å²) in [5, 5.41) is 13.3. The third-order valence-corrected chi connectivity index (χ3v) is 4.12. The molecule has 0 spiro atoms.